The topological polar surface area (TPSA) is 57.0 Å². The number of para-hydroxylation sites is 1. The molecule has 112 valence electrons. The Hall–Kier alpha value is -2.47. The van der Waals surface area contributed by atoms with Crippen LogP contribution in [0.1, 0.15) is 23.0 Å². The number of ketones is 1. The summed E-state index contributed by atoms with van der Waals surface area (Å²) in [5.74, 6) is 0.579. The van der Waals surface area contributed by atoms with E-state index in [0.717, 1.165) is 16.3 Å². The first kappa shape index (κ1) is 14.5. The highest BCUT2D eigenvalue weighted by molar-refractivity contribution is 7.13. The van der Waals surface area contributed by atoms with Crippen molar-refractivity contribution >= 4 is 17.1 Å². The van der Waals surface area contributed by atoms with E-state index in [0.29, 0.717) is 17.9 Å². The third kappa shape index (κ3) is 3.07. The average Bonchev–Trinajstić information content (AvgIpc) is 3.14. The molecule has 0 amide bonds. The molecule has 2 aromatic heterocycles. The van der Waals surface area contributed by atoms with Gasteiger partial charge in [0.05, 0.1) is 17.5 Å². The Kier molecular flexibility index (Phi) is 4.02. The summed E-state index contributed by atoms with van der Waals surface area (Å²) in [6.07, 6.45) is 3.71. The van der Waals surface area contributed by atoms with Crippen LogP contribution in [0.15, 0.2) is 42.0 Å². The zero-order chi connectivity index (χ0) is 15.5. The third-order valence-electron chi connectivity index (χ3n) is 3.15. The summed E-state index contributed by atoms with van der Waals surface area (Å²) >= 11 is 1.55. The molecule has 2 heterocycles. The molecule has 5 nitrogen and oxygen atoms in total. The molecule has 3 rings (SSSR count). The van der Waals surface area contributed by atoms with Gasteiger partial charge >= 0.3 is 0 Å². The van der Waals surface area contributed by atoms with Gasteiger partial charge in [0, 0.05) is 24.2 Å². The van der Waals surface area contributed by atoms with Gasteiger partial charge in [-0.25, -0.2) is 4.98 Å². The second kappa shape index (κ2) is 6.11. The lowest BCUT2D eigenvalue weighted by Gasteiger charge is -2.07. The summed E-state index contributed by atoms with van der Waals surface area (Å²) in [6, 6.07) is 7.24. The van der Waals surface area contributed by atoms with Gasteiger partial charge in [-0.1, -0.05) is 12.1 Å². The molecule has 1 aromatic carbocycles. The molecular formula is C16H15N3O2S. The zero-order valence-electron chi connectivity index (χ0n) is 12.3. The maximum Gasteiger partial charge on any atom is 0.163 e. The minimum absolute atomic E-state index is 0.00933. The molecular weight excluding hydrogens is 298 g/mol. The van der Waals surface area contributed by atoms with Crippen LogP contribution in [-0.2, 0) is 13.7 Å². The second-order valence-corrected chi connectivity index (χ2v) is 5.75. The fourth-order valence-corrected chi connectivity index (χ4v) is 2.85. The molecule has 0 aliphatic rings. The number of aryl methyl sites for hydroxylation is 1. The lowest BCUT2D eigenvalue weighted by atomic mass is 10.1. The van der Waals surface area contributed by atoms with E-state index in [1.165, 1.54) is 6.92 Å². The first-order chi connectivity index (χ1) is 10.6. The highest BCUT2D eigenvalue weighted by Crippen LogP contribution is 2.24. The summed E-state index contributed by atoms with van der Waals surface area (Å²) in [7, 11) is 1.87. The Balaban J connectivity index is 1.73. The van der Waals surface area contributed by atoms with Crippen LogP contribution in [0.2, 0.25) is 0 Å². The molecule has 0 saturated heterocycles. The van der Waals surface area contributed by atoms with E-state index >= 15 is 0 Å². The van der Waals surface area contributed by atoms with Gasteiger partial charge in [0.25, 0.3) is 0 Å². The number of hydrogen-bond acceptors (Lipinski definition) is 5. The summed E-state index contributed by atoms with van der Waals surface area (Å²) in [5, 5.41) is 7.01. The van der Waals surface area contributed by atoms with Crippen LogP contribution in [0.4, 0.5) is 0 Å². The number of benzene rings is 1. The average molecular weight is 313 g/mol. The molecule has 0 bridgehead atoms. The Morgan fingerprint density at radius 1 is 1.36 bits per heavy atom. The Labute approximate surface area is 132 Å². The summed E-state index contributed by atoms with van der Waals surface area (Å²) < 4.78 is 7.49. The number of thiazole rings is 1. The molecule has 0 unspecified atom stereocenters. The molecule has 0 N–H and O–H groups in total. The maximum absolute atomic E-state index is 11.6. The van der Waals surface area contributed by atoms with E-state index in [1.54, 1.807) is 34.3 Å². The van der Waals surface area contributed by atoms with E-state index in [9.17, 15) is 4.79 Å². The van der Waals surface area contributed by atoms with Crippen molar-refractivity contribution in [3.05, 3.63) is 53.3 Å². The fraction of sp³-hybridized carbons (Fsp3) is 0.188. The molecule has 0 aliphatic heterocycles. The van der Waals surface area contributed by atoms with Crippen molar-refractivity contribution in [1.82, 2.24) is 14.8 Å². The number of aromatic nitrogens is 3. The lowest BCUT2D eigenvalue weighted by Crippen LogP contribution is -2.01. The standard InChI is InChI=1S/C16H15N3O2S/c1-11(20)14-5-3-4-6-15(14)21-9-13-10-22-16(18-13)12-7-17-19(2)8-12/h3-8,10H,9H2,1-2H3. The van der Waals surface area contributed by atoms with Crippen molar-refractivity contribution in [3.63, 3.8) is 0 Å². The van der Waals surface area contributed by atoms with Crippen LogP contribution in [0.5, 0.6) is 5.75 Å². The summed E-state index contributed by atoms with van der Waals surface area (Å²) in [6.45, 7) is 1.87. The lowest BCUT2D eigenvalue weighted by molar-refractivity contribution is 0.101. The van der Waals surface area contributed by atoms with Gasteiger partial charge in [-0.15, -0.1) is 11.3 Å². The number of carbonyl (C=O) groups excluding carboxylic acids is 1. The molecule has 3 aromatic rings. The third-order valence-corrected chi connectivity index (χ3v) is 4.09. The molecule has 0 atom stereocenters. The predicted molar refractivity (Wildman–Crippen MR) is 85.1 cm³/mol. The van der Waals surface area contributed by atoms with E-state index < -0.39 is 0 Å². The fourth-order valence-electron chi connectivity index (χ4n) is 2.07. The summed E-state index contributed by atoms with van der Waals surface area (Å²) in [4.78, 5) is 16.1. The van der Waals surface area contributed by atoms with Crippen LogP contribution < -0.4 is 4.74 Å². The monoisotopic (exact) mass is 313 g/mol. The SMILES string of the molecule is CC(=O)c1ccccc1OCc1csc(-c2cnn(C)c2)n1. The van der Waals surface area contributed by atoms with Gasteiger partial charge in [-0.05, 0) is 19.1 Å². The molecule has 0 radical (unpaired) electrons. The maximum atomic E-state index is 11.6. The molecule has 0 saturated carbocycles. The minimum Gasteiger partial charge on any atom is -0.487 e. The van der Waals surface area contributed by atoms with E-state index in [-0.39, 0.29) is 5.78 Å². The van der Waals surface area contributed by atoms with Crippen molar-refractivity contribution in [2.75, 3.05) is 0 Å². The molecule has 22 heavy (non-hydrogen) atoms. The molecule has 0 spiro atoms. The van der Waals surface area contributed by atoms with E-state index in [4.69, 9.17) is 4.74 Å². The number of nitrogens with zero attached hydrogens (tertiary/aromatic N) is 3. The molecule has 6 heteroatoms. The predicted octanol–water partition coefficient (Wildman–Crippen LogP) is 3.33. The zero-order valence-corrected chi connectivity index (χ0v) is 13.1. The van der Waals surface area contributed by atoms with Crippen molar-refractivity contribution < 1.29 is 9.53 Å². The van der Waals surface area contributed by atoms with Crippen molar-refractivity contribution in [3.8, 4) is 16.3 Å². The van der Waals surface area contributed by atoms with Gasteiger partial charge in [0.1, 0.15) is 17.4 Å². The van der Waals surface area contributed by atoms with Crippen LogP contribution in [-0.4, -0.2) is 20.5 Å². The first-order valence-corrected chi connectivity index (χ1v) is 7.67. The van der Waals surface area contributed by atoms with Gasteiger partial charge < -0.3 is 4.74 Å². The number of rotatable bonds is 5. The first-order valence-electron chi connectivity index (χ1n) is 6.79. The van der Waals surface area contributed by atoms with Crippen molar-refractivity contribution in [2.24, 2.45) is 7.05 Å². The van der Waals surface area contributed by atoms with Gasteiger partial charge in [0.15, 0.2) is 5.78 Å². The highest BCUT2D eigenvalue weighted by atomic mass is 32.1. The summed E-state index contributed by atoms with van der Waals surface area (Å²) in [5.41, 5.74) is 2.41. The van der Waals surface area contributed by atoms with E-state index in [1.807, 2.05) is 30.8 Å². The number of ether oxygens (including phenoxy) is 1. The van der Waals surface area contributed by atoms with Crippen LogP contribution in [0.3, 0.4) is 0 Å². The van der Waals surface area contributed by atoms with Crippen LogP contribution in [0, 0.1) is 0 Å². The Bertz CT molecular complexity index is 807. The van der Waals surface area contributed by atoms with Crippen LogP contribution in [0.25, 0.3) is 10.6 Å². The Morgan fingerprint density at radius 3 is 2.91 bits per heavy atom. The van der Waals surface area contributed by atoms with Crippen molar-refractivity contribution in [2.45, 2.75) is 13.5 Å². The number of hydrogen-bond donors (Lipinski definition) is 0. The normalized spacial score (nSPS) is 10.6. The quantitative estimate of drug-likeness (QED) is 0.678. The minimum atomic E-state index is -0.00933. The van der Waals surface area contributed by atoms with Gasteiger partial charge in [-0.2, -0.15) is 5.10 Å². The highest BCUT2D eigenvalue weighted by Gasteiger charge is 2.10. The Morgan fingerprint density at radius 2 is 2.18 bits per heavy atom. The largest absolute Gasteiger partial charge is 0.487 e. The number of Topliss-reactive ketones (excluding diaryl/α,β-unsaturated/α-hetero) is 1. The van der Waals surface area contributed by atoms with Gasteiger partial charge in [-0.3, -0.25) is 9.48 Å². The molecule has 0 aliphatic carbocycles. The van der Waals surface area contributed by atoms with Crippen molar-refractivity contribution in [1.29, 1.82) is 0 Å². The van der Waals surface area contributed by atoms with Crippen LogP contribution >= 0.6 is 11.3 Å². The number of carbonyl (C=O) groups is 1. The van der Waals surface area contributed by atoms with Gasteiger partial charge in [0.2, 0.25) is 0 Å². The molecule has 0 fully saturated rings. The second-order valence-electron chi connectivity index (χ2n) is 4.89. The smallest absolute Gasteiger partial charge is 0.163 e. The van der Waals surface area contributed by atoms with E-state index in [2.05, 4.69) is 10.1 Å².